The Morgan fingerprint density at radius 1 is 1.36 bits per heavy atom. The van der Waals surface area contributed by atoms with Crippen molar-refractivity contribution in [2.24, 2.45) is 0 Å². The first-order valence-electron chi connectivity index (χ1n) is 7.58. The molecule has 0 aliphatic carbocycles. The van der Waals surface area contributed by atoms with Gasteiger partial charge in [-0.15, -0.1) is 0 Å². The normalized spacial score (nSPS) is 16.3. The first-order chi connectivity index (χ1) is 10.3. The number of phenolic OH excluding ortho intramolecular Hbond substituents is 1. The highest BCUT2D eigenvalue weighted by atomic mass is 16.6. The third-order valence-corrected chi connectivity index (χ3v) is 3.31. The lowest BCUT2D eigenvalue weighted by molar-refractivity contribution is 0.0635. The molecule has 6 nitrogen and oxygen atoms in total. The Hall–Kier alpha value is -1.79. The van der Waals surface area contributed by atoms with Gasteiger partial charge in [-0.1, -0.05) is 6.07 Å². The molecule has 3 N–H and O–H groups in total. The molecule has 2 rings (SSSR count). The first kappa shape index (κ1) is 16.6. The van der Waals surface area contributed by atoms with Gasteiger partial charge in [-0.2, -0.15) is 0 Å². The number of phenols is 1. The van der Waals surface area contributed by atoms with Crippen LogP contribution in [-0.2, 0) is 11.3 Å². The first-order valence-corrected chi connectivity index (χ1v) is 7.58. The molecule has 0 spiro atoms. The minimum atomic E-state index is -0.572. The lowest BCUT2D eigenvalue weighted by Crippen LogP contribution is -2.42. The number of carbonyl (C=O) groups is 1. The van der Waals surface area contributed by atoms with E-state index in [1.807, 2.05) is 6.07 Å². The molecule has 0 atom stereocenters. The third-order valence-electron chi connectivity index (χ3n) is 3.31. The minimum absolute atomic E-state index is 0.0542. The summed E-state index contributed by atoms with van der Waals surface area (Å²) < 4.78 is 5.17. The molecule has 0 bridgehead atoms. The fourth-order valence-electron chi connectivity index (χ4n) is 2.32. The van der Waals surface area contributed by atoms with Crippen LogP contribution in [0.15, 0.2) is 18.2 Å². The van der Waals surface area contributed by atoms with E-state index >= 15 is 0 Å². The Bertz CT molecular complexity index is 520. The number of anilines is 1. The number of hydrogen-bond donors (Lipinski definition) is 3. The predicted octanol–water partition coefficient (Wildman–Crippen LogP) is 2.14. The minimum Gasteiger partial charge on any atom is -0.506 e. The molecule has 0 unspecified atom stereocenters. The van der Waals surface area contributed by atoms with Crippen LogP contribution in [-0.4, -0.2) is 47.9 Å². The highest BCUT2D eigenvalue weighted by molar-refractivity contribution is 5.86. The Morgan fingerprint density at radius 2 is 2.05 bits per heavy atom. The zero-order valence-electron chi connectivity index (χ0n) is 13.5. The van der Waals surface area contributed by atoms with E-state index in [1.54, 1.807) is 32.9 Å². The van der Waals surface area contributed by atoms with Gasteiger partial charge >= 0.3 is 6.09 Å². The van der Waals surface area contributed by atoms with Gasteiger partial charge in [0, 0.05) is 32.7 Å². The number of piperazine rings is 1. The molecule has 0 aromatic heterocycles. The summed E-state index contributed by atoms with van der Waals surface area (Å²) in [5.74, 6) is 0.0542. The largest absolute Gasteiger partial charge is 0.506 e. The number of nitrogens with one attached hydrogen (secondary N) is 2. The lowest BCUT2D eigenvalue weighted by atomic mass is 10.1. The van der Waals surface area contributed by atoms with E-state index < -0.39 is 11.7 Å². The zero-order valence-corrected chi connectivity index (χ0v) is 13.5. The van der Waals surface area contributed by atoms with Gasteiger partial charge in [0.2, 0.25) is 0 Å². The van der Waals surface area contributed by atoms with Crippen molar-refractivity contribution in [3.8, 4) is 5.75 Å². The average molecular weight is 307 g/mol. The molecule has 1 amide bonds. The van der Waals surface area contributed by atoms with Crippen molar-refractivity contribution in [3.05, 3.63) is 23.8 Å². The van der Waals surface area contributed by atoms with Crippen LogP contribution in [0.3, 0.4) is 0 Å². The molecule has 1 aromatic carbocycles. The van der Waals surface area contributed by atoms with Crippen LogP contribution in [0.1, 0.15) is 26.3 Å². The molecule has 1 aliphatic rings. The Labute approximate surface area is 131 Å². The molecule has 22 heavy (non-hydrogen) atoms. The second-order valence-corrected chi connectivity index (χ2v) is 6.50. The summed E-state index contributed by atoms with van der Waals surface area (Å²) in [6.07, 6.45) is -0.572. The zero-order chi connectivity index (χ0) is 16.2. The van der Waals surface area contributed by atoms with Gasteiger partial charge in [0.1, 0.15) is 11.4 Å². The SMILES string of the molecule is CC(C)(C)OC(=O)Nc1ccc(CN2CCNCC2)cc1O. The summed E-state index contributed by atoms with van der Waals surface area (Å²) in [6.45, 7) is 10.2. The number of carbonyl (C=O) groups excluding carboxylic acids is 1. The highest BCUT2D eigenvalue weighted by Gasteiger charge is 2.17. The fraction of sp³-hybridized carbons (Fsp3) is 0.562. The molecule has 1 heterocycles. The van der Waals surface area contributed by atoms with Crippen molar-refractivity contribution in [2.45, 2.75) is 32.9 Å². The van der Waals surface area contributed by atoms with E-state index in [1.165, 1.54) is 0 Å². The van der Waals surface area contributed by atoms with Crippen LogP contribution >= 0.6 is 0 Å². The Morgan fingerprint density at radius 3 is 2.64 bits per heavy atom. The van der Waals surface area contributed by atoms with Crippen molar-refractivity contribution in [1.82, 2.24) is 10.2 Å². The molecule has 6 heteroatoms. The lowest BCUT2D eigenvalue weighted by Gasteiger charge is -2.27. The van der Waals surface area contributed by atoms with E-state index in [-0.39, 0.29) is 5.75 Å². The van der Waals surface area contributed by atoms with Crippen molar-refractivity contribution in [2.75, 3.05) is 31.5 Å². The second-order valence-electron chi connectivity index (χ2n) is 6.50. The Balaban J connectivity index is 1.95. The number of rotatable bonds is 3. The maximum absolute atomic E-state index is 11.7. The van der Waals surface area contributed by atoms with Crippen molar-refractivity contribution >= 4 is 11.8 Å². The molecular formula is C16H25N3O3. The molecule has 122 valence electrons. The monoisotopic (exact) mass is 307 g/mol. The van der Waals surface area contributed by atoms with Crippen molar-refractivity contribution in [1.29, 1.82) is 0 Å². The summed E-state index contributed by atoms with van der Waals surface area (Å²) >= 11 is 0. The second kappa shape index (κ2) is 6.98. The van der Waals surface area contributed by atoms with Gasteiger partial charge in [-0.3, -0.25) is 10.2 Å². The van der Waals surface area contributed by atoms with E-state index in [0.717, 1.165) is 38.3 Å². The molecule has 1 fully saturated rings. The van der Waals surface area contributed by atoms with Gasteiger partial charge in [0.15, 0.2) is 0 Å². The van der Waals surface area contributed by atoms with Crippen molar-refractivity contribution in [3.63, 3.8) is 0 Å². The summed E-state index contributed by atoms with van der Waals surface area (Å²) in [5, 5.41) is 15.9. The summed E-state index contributed by atoms with van der Waals surface area (Å²) in [7, 11) is 0. The number of nitrogens with zero attached hydrogens (tertiary/aromatic N) is 1. The summed E-state index contributed by atoms with van der Waals surface area (Å²) in [6, 6.07) is 5.31. The van der Waals surface area contributed by atoms with Gasteiger partial charge in [0.05, 0.1) is 5.69 Å². The van der Waals surface area contributed by atoms with Crippen LogP contribution in [0.5, 0.6) is 5.75 Å². The molecule has 1 aliphatic heterocycles. The van der Waals surface area contributed by atoms with Crippen LogP contribution in [0.2, 0.25) is 0 Å². The van der Waals surface area contributed by atoms with Crippen LogP contribution in [0.25, 0.3) is 0 Å². The average Bonchev–Trinajstić information content (AvgIpc) is 2.41. The van der Waals surface area contributed by atoms with E-state index in [0.29, 0.717) is 5.69 Å². The summed E-state index contributed by atoms with van der Waals surface area (Å²) in [5.41, 5.74) is 0.814. The number of amides is 1. The van der Waals surface area contributed by atoms with E-state index in [4.69, 9.17) is 4.74 Å². The van der Waals surface area contributed by atoms with Gasteiger partial charge in [-0.25, -0.2) is 4.79 Å². The molecule has 1 saturated heterocycles. The smallest absolute Gasteiger partial charge is 0.412 e. The standard InChI is InChI=1S/C16H25N3O3/c1-16(2,3)22-15(21)18-13-5-4-12(10-14(13)20)11-19-8-6-17-7-9-19/h4-5,10,17,20H,6-9,11H2,1-3H3,(H,18,21). The molecule has 0 saturated carbocycles. The molecule has 0 radical (unpaired) electrons. The summed E-state index contributed by atoms with van der Waals surface area (Å²) in [4.78, 5) is 14.0. The number of aromatic hydroxyl groups is 1. The van der Waals surface area contributed by atoms with Crippen LogP contribution < -0.4 is 10.6 Å². The fourth-order valence-corrected chi connectivity index (χ4v) is 2.32. The number of ether oxygens (including phenoxy) is 1. The Kier molecular flexibility index (Phi) is 5.26. The highest BCUT2D eigenvalue weighted by Crippen LogP contribution is 2.25. The third kappa shape index (κ3) is 5.20. The van der Waals surface area contributed by atoms with Gasteiger partial charge < -0.3 is 15.2 Å². The van der Waals surface area contributed by atoms with E-state index in [9.17, 15) is 9.90 Å². The topological polar surface area (TPSA) is 73.8 Å². The number of benzene rings is 1. The predicted molar refractivity (Wildman–Crippen MR) is 86.1 cm³/mol. The van der Waals surface area contributed by atoms with Gasteiger partial charge in [0.25, 0.3) is 0 Å². The van der Waals surface area contributed by atoms with Gasteiger partial charge in [-0.05, 0) is 38.5 Å². The maximum Gasteiger partial charge on any atom is 0.412 e. The van der Waals surface area contributed by atoms with E-state index in [2.05, 4.69) is 15.5 Å². The molecular weight excluding hydrogens is 282 g/mol. The quantitative estimate of drug-likeness (QED) is 0.746. The van der Waals surface area contributed by atoms with Crippen molar-refractivity contribution < 1.29 is 14.6 Å². The van der Waals surface area contributed by atoms with Crippen LogP contribution in [0.4, 0.5) is 10.5 Å². The maximum atomic E-state index is 11.7. The van der Waals surface area contributed by atoms with Crippen LogP contribution in [0, 0.1) is 0 Å². The molecule has 1 aromatic rings. The number of hydrogen-bond acceptors (Lipinski definition) is 5.